The number of halogens is 1. The Balaban J connectivity index is 1.61. The first-order valence-electron chi connectivity index (χ1n) is 8.92. The van der Waals surface area contributed by atoms with Crippen LogP contribution in [0.2, 0.25) is 0 Å². The molecule has 0 spiro atoms. The van der Waals surface area contributed by atoms with E-state index in [9.17, 15) is 9.18 Å². The second-order valence-corrected chi connectivity index (χ2v) is 6.63. The Bertz CT molecular complexity index is 799. The third-order valence-corrected chi connectivity index (χ3v) is 4.49. The molecule has 144 valence electrons. The summed E-state index contributed by atoms with van der Waals surface area (Å²) in [7, 11) is 0. The van der Waals surface area contributed by atoms with Crippen LogP contribution in [0, 0.1) is 12.7 Å². The topological polar surface area (TPSA) is 71.9 Å². The molecule has 6 nitrogen and oxygen atoms in total. The first-order valence-corrected chi connectivity index (χ1v) is 8.92. The minimum Gasteiger partial charge on any atom is -0.487 e. The SMILES string of the molecule is Cc1ccc(COc2cncc(N3CCO[C@@H](CCC(=O)O)C3)c2)c(F)c1. The molecule has 1 saturated heterocycles. The summed E-state index contributed by atoms with van der Waals surface area (Å²) in [6.45, 7) is 3.80. The van der Waals surface area contributed by atoms with E-state index in [1.54, 1.807) is 18.5 Å². The van der Waals surface area contributed by atoms with Gasteiger partial charge in [-0.05, 0) is 25.0 Å². The first-order chi connectivity index (χ1) is 13.0. The second kappa shape index (κ2) is 8.81. The Morgan fingerprint density at radius 1 is 1.41 bits per heavy atom. The predicted octanol–water partition coefficient (Wildman–Crippen LogP) is 3.18. The number of nitrogens with zero attached hydrogens (tertiary/aromatic N) is 2. The zero-order chi connectivity index (χ0) is 19.2. The fourth-order valence-electron chi connectivity index (χ4n) is 3.00. The Hall–Kier alpha value is -2.67. The smallest absolute Gasteiger partial charge is 0.303 e. The minimum absolute atomic E-state index is 0.0853. The molecule has 1 N–H and O–H groups in total. The molecule has 0 radical (unpaired) electrons. The molecule has 1 atom stereocenters. The van der Waals surface area contributed by atoms with Crippen LogP contribution in [0.25, 0.3) is 0 Å². The molecule has 27 heavy (non-hydrogen) atoms. The number of ether oxygens (including phenoxy) is 2. The maximum atomic E-state index is 13.9. The first kappa shape index (κ1) is 19.1. The molecule has 0 saturated carbocycles. The highest BCUT2D eigenvalue weighted by atomic mass is 19.1. The van der Waals surface area contributed by atoms with Crippen molar-refractivity contribution >= 4 is 11.7 Å². The molecule has 7 heteroatoms. The molecule has 1 aliphatic rings. The molecule has 3 rings (SSSR count). The lowest BCUT2D eigenvalue weighted by Crippen LogP contribution is -2.42. The van der Waals surface area contributed by atoms with Crippen LogP contribution in [0.4, 0.5) is 10.1 Å². The third kappa shape index (κ3) is 5.40. The highest BCUT2D eigenvalue weighted by molar-refractivity contribution is 5.66. The van der Waals surface area contributed by atoms with Gasteiger partial charge in [-0.1, -0.05) is 12.1 Å². The summed E-state index contributed by atoms with van der Waals surface area (Å²) < 4.78 is 25.3. The van der Waals surface area contributed by atoms with Crippen LogP contribution in [0.3, 0.4) is 0 Å². The fourth-order valence-corrected chi connectivity index (χ4v) is 3.00. The molecule has 0 amide bonds. The van der Waals surface area contributed by atoms with Crippen LogP contribution in [0.15, 0.2) is 36.7 Å². The molecule has 1 aromatic heterocycles. The Kier molecular flexibility index (Phi) is 6.24. The van der Waals surface area contributed by atoms with Crippen molar-refractivity contribution in [2.24, 2.45) is 0 Å². The monoisotopic (exact) mass is 374 g/mol. The number of morpholine rings is 1. The minimum atomic E-state index is -0.823. The van der Waals surface area contributed by atoms with Crippen LogP contribution in [-0.4, -0.2) is 41.9 Å². The summed E-state index contributed by atoms with van der Waals surface area (Å²) in [6, 6.07) is 6.91. The fraction of sp³-hybridized carbons (Fsp3) is 0.400. The lowest BCUT2D eigenvalue weighted by molar-refractivity contribution is -0.137. The van der Waals surface area contributed by atoms with Crippen LogP contribution < -0.4 is 9.64 Å². The number of aromatic nitrogens is 1. The number of aliphatic carboxylic acids is 1. The maximum absolute atomic E-state index is 13.9. The molecule has 0 bridgehead atoms. The summed E-state index contributed by atoms with van der Waals surface area (Å²) in [5.74, 6) is -0.550. The maximum Gasteiger partial charge on any atom is 0.303 e. The quantitative estimate of drug-likeness (QED) is 0.803. The molecule has 2 aromatic rings. The summed E-state index contributed by atoms with van der Waals surface area (Å²) >= 11 is 0. The van der Waals surface area contributed by atoms with Gasteiger partial charge in [0.05, 0.1) is 30.8 Å². The molecule has 1 aliphatic heterocycles. The van der Waals surface area contributed by atoms with Crippen molar-refractivity contribution in [3.05, 3.63) is 53.6 Å². The van der Waals surface area contributed by atoms with Crippen molar-refractivity contribution in [1.29, 1.82) is 0 Å². The van der Waals surface area contributed by atoms with E-state index in [1.165, 1.54) is 6.07 Å². The number of aryl methyl sites for hydroxylation is 1. The molecular formula is C20H23FN2O4. The van der Waals surface area contributed by atoms with Gasteiger partial charge in [-0.25, -0.2) is 4.39 Å². The Labute approximate surface area is 157 Å². The second-order valence-electron chi connectivity index (χ2n) is 6.63. The number of carbonyl (C=O) groups is 1. The van der Waals surface area contributed by atoms with Gasteiger partial charge in [-0.2, -0.15) is 0 Å². The average Bonchev–Trinajstić information content (AvgIpc) is 2.66. The normalized spacial score (nSPS) is 17.0. The predicted molar refractivity (Wildman–Crippen MR) is 98.5 cm³/mol. The van der Waals surface area contributed by atoms with Crippen LogP contribution in [0.1, 0.15) is 24.0 Å². The van der Waals surface area contributed by atoms with E-state index in [0.717, 1.165) is 11.3 Å². The number of carboxylic acid groups (broad SMARTS) is 1. The van der Waals surface area contributed by atoms with Crippen molar-refractivity contribution in [2.75, 3.05) is 24.6 Å². The zero-order valence-electron chi connectivity index (χ0n) is 15.2. The molecular weight excluding hydrogens is 351 g/mol. The highest BCUT2D eigenvalue weighted by Crippen LogP contribution is 2.24. The number of hydrogen-bond acceptors (Lipinski definition) is 5. The van der Waals surface area contributed by atoms with E-state index in [0.29, 0.717) is 37.4 Å². The highest BCUT2D eigenvalue weighted by Gasteiger charge is 2.22. The summed E-state index contributed by atoms with van der Waals surface area (Å²) in [5.41, 5.74) is 2.23. The van der Waals surface area contributed by atoms with Gasteiger partial charge in [0.1, 0.15) is 18.2 Å². The van der Waals surface area contributed by atoms with E-state index in [-0.39, 0.29) is 24.9 Å². The molecule has 2 heterocycles. The number of carboxylic acids is 1. The van der Waals surface area contributed by atoms with Crippen molar-refractivity contribution in [1.82, 2.24) is 4.98 Å². The number of benzene rings is 1. The van der Waals surface area contributed by atoms with Gasteiger partial charge in [-0.3, -0.25) is 9.78 Å². The van der Waals surface area contributed by atoms with Gasteiger partial charge in [0, 0.05) is 31.1 Å². The lowest BCUT2D eigenvalue weighted by Gasteiger charge is -2.34. The van der Waals surface area contributed by atoms with Crippen molar-refractivity contribution in [3.63, 3.8) is 0 Å². The van der Waals surface area contributed by atoms with Gasteiger partial charge in [0.15, 0.2) is 0 Å². The van der Waals surface area contributed by atoms with Gasteiger partial charge in [-0.15, -0.1) is 0 Å². The number of anilines is 1. The van der Waals surface area contributed by atoms with Crippen LogP contribution >= 0.6 is 0 Å². The zero-order valence-corrected chi connectivity index (χ0v) is 15.2. The van der Waals surface area contributed by atoms with E-state index < -0.39 is 5.97 Å². The summed E-state index contributed by atoms with van der Waals surface area (Å²) in [4.78, 5) is 17.1. The Morgan fingerprint density at radius 3 is 3.04 bits per heavy atom. The van der Waals surface area contributed by atoms with E-state index in [1.807, 2.05) is 19.1 Å². The number of rotatable bonds is 7. The summed E-state index contributed by atoms with van der Waals surface area (Å²) in [6.07, 6.45) is 3.77. The number of hydrogen-bond donors (Lipinski definition) is 1. The van der Waals surface area contributed by atoms with E-state index in [2.05, 4.69) is 9.88 Å². The van der Waals surface area contributed by atoms with Crippen molar-refractivity contribution < 1.29 is 23.8 Å². The number of pyridine rings is 1. The average molecular weight is 374 g/mol. The van der Waals surface area contributed by atoms with Gasteiger partial charge < -0.3 is 19.5 Å². The lowest BCUT2D eigenvalue weighted by atomic mass is 10.1. The van der Waals surface area contributed by atoms with E-state index in [4.69, 9.17) is 14.6 Å². The Morgan fingerprint density at radius 2 is 2.26 bits per heavy atom. The van der Waals surface area contributed by atoms with Gasteiger partial charge in [0.2, 0.25) is 0 Å². The molecule has 0 unspecified atom stereocenters. The molecule has 1 fully saturated rings. The van der Waals surface area contributed by atoms with E-state index >= 15 is 0 Å². The summed E-state index contributed by atoms with van der Waals surface area (Å²) in [5, 5.41) is 8.83. The largest absolute Gasteiger partial charge is 0.487 e. The van der Waals surface area contributed by atoms with Crippen LogP contribution in [0.5, 0.6) is 5.75 Å². The van der Waals surface area contributed by atoms with Crippen molar-refractivity contribution in [3.8, 4) is 5.75 Å². The van der Waals surface area contributed by atoms with Gasteiger partial charge in [0.25, 0.3) is 0 Å². The van der Waals surface area contributed by atoms with Crippen LogP contribution in [-0.2, 0) is 16.1 Å². The molecule has 1 aromatic carbocycles. The van der Waals surface area contributed by atoms with Gasteiger partial charge >= 0.3 is 5.97 Å². The standard InChI is InChI=1S/C20H23FN2O4/c1-14-2-3-15(19(21)8-14)13-27-18-9-16(10-22-11-18)23-6-7-26-17(12-23)4-5-20(24)25/h2-3,8-11,17H,4-7,12-13H2,1H3,(H,24,25)/t17-/m0/s1. The third-order valence-electron chi connectivity index (χ3n) is 4.49. The molecule has 0 aliphatic carbocycles. The van der Waals surface area contributed by atoms with Crippen molar-refractivity contribution in [2.45, 2.75) is 32.5 Å².